The minimum Gasteiger partial charge on any atom is -0.361 e. The molecule has 1 N–H and O–H groups in total. The molecule has 2 aromatic rings. The Kier molecular flexibility index (Phi) is 19.8. The molecule has 0 saturated heterocycles. The Morgan fingerprint density at radius 2 is 1.62 bits per heavy atom. The highest BCUT2D eigenvalue weighted by molar-refractivity contribution is 6.10. The number of rotatable bonds is 11. The number of hydrogen-bond acceptors (Lipinski definition) is 3. The number of nitrogens with one attached hydrogen (secondary N) is 1. The summed E-state index contributed by atoms with van der Waals surface area (Å²) in [5.74, 6) is 0. The Labute approximate surface area is 246 Å². The van der Waals surface area contributed by atoms with Crippen molar-refractivity contribution >= 4 is 17.5 Å². The lowest BCUT2D eigenvalue weighted by Crippen LogP contribution is -2.21. The van der Waals surface area contributed by atoms with Gasteiger partial charge in [0.15, 0.2) is 0 Å². The zero-order chi connectivity index (χ0) is 30.5. The van der Waals surface area contributed by atoms with Gasteiger partial charge in [0.25, 0.3) is 0 Å². The van der Waals surface area contributed by atoms with Gasteiger partial charge < -0.3 is 9.88 Å². The van der Waals surface area contributed by atoms with Crippen molar-refractivity contribution in [3.8, 4) is 0 Å². The molecule has 1 aromatic carbocycles. The number of hydrogen-bond donors (Lipinski definition) is 1. The lowest BCUT2D eigenvalue weighted by atomic mass is 10.0. The Morgan fingerprint density at radius 3 is 2.17 bits per heavy atom. The predicted octanol–water partition coefficient (Wildman–Crippen LogP) is 9.87. The van der Waals surface area contributed by atoms with E-state index in [0.29, 0.717) is 0 Å². The fraction of sp³-hybridized carbons (Fsp3) is 0.444. The summed E-state index contributed by atoms with van der Waals surface area (Å²) in [6, 6.07) is 12.5. The van der Waals surface area contributed by atoms with E-state index >= 15 is 0 Å². The topological polar surface area (TPSA) is 43.8 Å². The van der Waals surface area contributed by atoms with Crippen molar-refractivity contribution in [2.75, 3.05) is 27.2 Å². The quantitative estimate of drug-likeness (QED) is 0.222. The molecular weight excluding hydrogens is 488 g/mol. The summed E-state index contributed by atoms with van der Waals surface area (Å²) in [4.78, 5) is 14.4. The van der Waals surface area contributed by atoms with Crippen molar-refractivity contribution in [2.45, 2.75) is 82.1 Å². The van der Waals surface area contributed by atoms with E-state index in [2.05, 4.69) is 112 Å². The monoisotopic (exact) mass is 544 g/mol. The summed E-state index contributed by atoms with van der Waals surface area (Å²) in [6.45, 7) is 23.1. The van der Waals surface area contributed by atoms with Gasteiger partial charge in [0.05, 0.1) is 5.71 Å². The molecule has 1 aromatic heterocycles. The van der Waals surface area contributed by atoms with Gasteiger partial charge in [-0.3, -0.25) is 9.98 Å². The van der Waals surface area contributed by atoms with E-state index in [1.54, 1.807) is 7.05 Å². The second-order valence-corrected chi connectivity index (χ2v) is 10.2. The molecule has 220 valence electrons. The van der Waals surface area contributed by atoms with Crippen LogP contribution in [0, 0.1) is 6.92 Å². The van der Waals surface area contributed by atoms with Crippen molar-refractivity contribution in [1.29, 1.82) is 0 Å². The lowest BCUT2D eigenvalue weighted by Gasteiger charge is -2.16. The Morgan fingerprint density at radius 1 is 0.950 bits per heavy atom. The number of aromatic nitrogens is 1. The molecule has 0 spiro atoms. The van der Waals surface area contributed by atoms with Crippen LogP contribution >= 0.6 is 0 Å². The smallest absolute Gasteiger partial charge is 0.0707 e. The van der Waals surface area contributed by atoms with Gasteiger partial charge in [-0.1, -0.05) is 74.8 Å². The van der Waals surface area contributed by atoms with Crippen LogP contribution in [0.25, 0.3) is 5.57 Å². The van der Waals surface area contributed by atoms with E-state index in [-0.39, 0.29) is 0 Å². The Bertz CT molecular complexity index is 1150. The van der Waals surface area contributed by atoms with Gasteiger partial charge in [-0.15, -0.1) is 0 Å². The maximum Gasteiger partial charge on any atom is 0.0707 e. The van der Waals surface area contributed by atoms with Crippen LogP contribution in [-0.2, 0) is 0 Å². The fourth-order valence-electron chi connectivity index (χ4n) is 3.78. The van der Waals surface area contributed by atoms with Crippen molar-refractivity contribution in [1.82, 2.24) is 9.88 Å². The molecule has 0 aliphatic rings. The first kappa shape index (κ1) is 36.8. The van der Waals surface area contributed by atoms with E-state index in [1.807, 2.05) is 46.2 Å². The highest BCUT2D eigenvalue weighted by atomic mass is 15.1. The zero-order valence-electron chi connectivity index (χ0n) is 27.5. The van der Waals surface area contributed by atoms with Crippen LogP contribution in [0.15, 0.2) is 93.2 Å². The molecule has 0 amide bonds. The number of unbranched alkanes of at least 4 members (excludes halogenated alkanes) is 1. The van der Waals surface area contributed by atoms with Gasteiger partial charge in [0, 0.05) is 43.0 Å². The molecule has 40 heavy (non-hydrogen) atoms. The average Bonchev–Trinajstić information content (AvgIpc) is 3.47. The van der Waals surface area contributed by atoms with Crippen molar-refractivity contribution in [3.63, 3.8) is 0 Å². The normalized spacial score (nSPS) is 12.9. The average molecular weight is 545 g/mol. The lowest BCUT2D eigenvalue weighted by molar-refractivity contribution is 0.354. The maximum atomic E-state index is 4.79. The number of nitrogens with zero attached hydrogens (tertiary/aromatic N) is 3. The van der Waals surface area contributed by atoms with Crippen molar-refractivity contribution < 1.29 is 0 Å². The van der Waals surface area contributed by atoms with Crippen LogP contribution in [-0.4, -0.2) is 49.0 Å². The molecular formula is C36H56N4. The van der Waals surface area contributed by atoms with Gasteiger partial charge in [-0.25, -0.2) is 0 Å². The van der Waals surface area contributed by atoms with Crippen LogP contribution < -0.4 is 0 Å². The molecule has 2 rings (SSSR count). The van der Waals surface area contributed by atoms with Gasteiger partial charge in [-0.05, 0) is 103 Å². The fourth-order valence-corrected chi connectivity index (χ4v) is 3.78. The SMILES string of the molecule is CC.CCCCN(C)C/C(C)=C/C=C(\C)c1ccc[nH]1.CN=C/C(C)=C(\C)N=C(C=C(C)C)c1ccccc1C. The van der Waals surface area contributed by atoms with Crippen LogP contribution in [0.2, 0.25) is 0 Å². The minimum absolute atomic E-state index is 0.992. The highest BCUT2D eigenvalue weighted by Crippen LogP contribution is 2.14. The van der Waals surface area contributed by atoms with E-state index in [0.717, 1.165) is 23.5 Å². The number of likely N-dealkylation sites (N-methyl/N-ethyl adjacent to an activating group) is 1. The number of benzene rings is 1. The number of allylic oxidation sites excluding steroid dienone is 7. The van der Waals surface area contributed by atoms with Crippen molar-refractivity contribution in [3.05, 3.63) is 100 Å². The largest absolute Gasteiger partial charge is 0.361 e. The first-order valence-electron chi connectivity index (χ1n) is 14.6. The zero-order valence-corrected chi connectivity index (χ0v) is 27.5. The maximum absolute atomic E-state index is 4.79. The molecule has 4 nitrogen and oxygen atoms in total. The summed E-state index contributed by atoms with van der Waals surface area (Å²) in [5, 5.41) is 0. The molecule has 0 atom stereocenters. The molecule has 0 aliphatic carbocycles. The van der Waals surface area contributed by atoms with E-state index < -0.39 is 0 Å². The molecule has 0 saturated carbocycles. The first-order chi connectivity index (χ1) is 19.1. The minimum atomic E-state index is 0.992. The standard InChI is InChI=1S/C18H24N2.C16H26N2.C2H6/c1-13(2)11-18(17-10-8-7-9-14(17)3)20-16(5)15(4)12-19-6;1-5-6-12-18(4)13-14(2)9-10-15(3)16-8-7-11-17-16;1-2/h7-12H,1-6H3;7-11,17H,5-6,12-13H2,1-4H3;1-2H3/b16-15+,19-12?,20-18?;14-9+,15-10+;. The Hall–Kier alpha value is -3.24. The molecule has 0 bridgehead atoms. The van der Waals surface area contributed by atoms with Crippen LogP contribution in [0.3, 0.4) is 0 Å². The van der Waals surface area contributed by atoms with E-state index in [1.165, 1.54) is 52.9 Å². The van der Waals surface area contributed by atoms with Gasteiger partial charge in [0.1, 0.15) is 0 Å². The van der Waals surface area contributed by atoms with Crippen LogP contribution in [0.1, 0.15) is 92.0 Å². The van der Waals surface area contributed by atoms with E-state index in [9.17, 15) is 0 Å². The van der Waals surface area contributed by atoms with Gasteiger partial charge in [-0.2, -0.15) is 0 Å². The molecule has 0 unspecified atom stereocenters. The second-order valence-electron chi connectivity index (χ2n) is 10.2. The number of aryl methyl sites for hydroxylation is 1. The number of H-pyrrole nitrogens is 1. The number of aliphatic imine (C=N–C) groups is 2. The Balaban J connectivity index is 0.000000719. The summed E-state index contributed by atoms with van der Waals surface area (Å²) in [5.41, 5.74) is 10.6. The number of aromatic amines is 1. The molecule has 0 fully saturated rings. The molecule has 4 heteroatoms. The van der Waals surface area contributed by atoms with Crippen LogP contribution in [0.4, 0.5) is 0 Å². The summed E-state index contributed by atoms with van der Waals surface area (Å²) in [6.07, 6.45) is 12.9. The van der Waals surface area contributed by atoms with Gasteiger partial charge in [0.2, 0.25) is 0 Å². The first-order valence-corrected chi connectivity index (χ1v) is 14.6. The second kappa shape index (κ2) is 21.6. The van der Waals surface area contributed by atoms with Crippen molar-refractivity contribution in [2.24, 2.45) is 9.98 Å². The summed E-state index contributed by atoms with van der Waals surface area (Å²) >= 11 is 0. The highest BCUT2D eigenvalue weighted by Gasteiger charge is 2.05. The van der Waals surface area contributed by atoms with E-state index in [4.69, 9.17) is 4.99 Å². The summed E-state index contributed by atoms with van der Waals surface area (Å²) < 4.78 is 0. The van der Waals surface area contributed by atoms with Gasteiger partial charge >= 0.3 is 0 Å². The molecule has 0 radical (unpaired) electrons. The third-order valence-corrected chi connectivity index (χ3v) is 6.08. The van der Waals surface area contributed by atoms with Crippen LogP contribution in [0.5, 0.6) is 0 Å². The molecule has 1 heterocycles. The third-order valence-electron chi connectivity index (χ3n) is 6.08. The predicted molar refractivity (Wildman–Crippen MR) is 182 cm³/mol. The summed E-state index contributed by atoms with van der Waals surface area (Å²) in [7, 11) is 3.97. The molecule has 0 aliphatic heterocycles. The third kappa shape index (κ3) is 15.4.